The highest BCUT2D eigenvalue weighted by Gasteiger charge is 2.16. The van der Waals surface area contributed by atoms with E-state index in [0.29, 0.717) is 23.6 Å². The van der Waals surface area contributed by atoms with E-state index in [9.17, 15) is 9.59 Å². The van der Waals surface area contributed by atoms with E-state index in [-0.39, 0.29) is 11.8 Å². The Morgan fingerprint density at radius 1 is 1.11 bits per heavy atom. The van der Waals surface area contributed by atoms with Crippen molar-refractivity contribution in [2.75, 3.05) is 31.6 Å². The Morgan fingerprint density at radius 3 is 2.63 bits per heavy atom. The number of hydrogen-bond acceptors (Lipinski definition) is 3. The molecule has 1 atom stereocenters. The molecule has 142 valence electrons. The Labute approximate surface area is 160 Å². The minimum absolute atomic E-state index is 0.129. The molecule has 2 N–H and O–H groups in total. The lowest BCUT2D eigenvalue weighted by Crippen LogP contribution is -2.33. The summed E-state index contributed by atoms with van der Waals surface area (Å²) in [5.74, 6) is 0.367. The molecule has 5 heteroatoms. The molecule has 1 unspecified atom stereocenters. The zero-order valence-corrected chi connectivity index (χ0v) is 15.8. The van der Waals surface area contributed by atoms with Crippen molar-refractivity contribution < 1.29 is 9.59 Å². The van der Waals surface area contributed by atoms with Gasteiger partial charge < -0.3 is 15.5 Å². The summed E-state index contributed by atoms with van der Waals surface area (Å²) in [5.41, 5.74) is 1.84. The highest BCUT2D eigenvalue weighted by atomic mass is 16.2. The molecule has 0 aromatic heterocycles. The van der Waals surface area contributed by atoms with Gasteiger partial charge in [-0.1, -0.05) is 24.3 Å². The number of carbonyl (C=O) groups excluding carboxylic acids is 2. The van der Waals surface area contributed by atoms with Crippen LogP contribution < -0.4 is 15.5 Å². The van der Waals surface area contributed by atoms with E-state index in [2.05, 4.69) is 10.6 Å². The number of nitrogens with one attached hydrogen (secondary N) is 2. The largest absolute Gasteiger partial charge is 0.352 e. The molecule has 2 amide bonds. The number of hydrogen-bond donors (Lipinski definition) is 2. The van der Waals surface area contributed by atoms with E-state index in [1.54, 1.807) is 36.2 Å². The second-order valence-electron chi connectivity index (χ2n) is 7.04. The molecule has 1 heterocycles. The van der Waals surface area contributed by atoms with Crippen LogP contribution in [0.5, 0.6) is 0 Å². The lowest BCUT2D eigenvalue weighted by atomic mass is 9.96. The van der Waals surface area contributed by atoms with Crippen LogP contribution in [0.15, 0.2) is 54.6 Å². The van der Waals surface area contributed by atoms with Gasteiger partial charge in [-0.05, 0) is 68.6 Å². The highest BCUT2D eigenvalue weighted by Crippen LogP contribution is 2.16. The average Bonchev–Trinajstić information content (AvgIpc) is 2.74. The Kier molecular flexibility index (Phi) is 6.60. The Hall–Kier alpha value is -2.66. The predicted molar refractivity (Wildman–Crippen MR) is 108 cm³/mol. The number of anilines is 1. The third kappa shape index (κ3) is 5.17. The molecule has 0 bridgehead atoms. The van der Waals surface area contributed by atoms with Gasteiger partial charge in [0.1, 0.15) is 0 Å². The van der Waals surface area contributed by atoms with Crippen LogP contribution in [-0.2, 0) is 0 Å². The van der Waals surface area contributed by atoms with Gasteiger partial charge in [0.05, 0.1) is 0 Å². The Balaban J connectivity index is 1.59. The molecule has 1 aliphatic rings. The molecular weight excluding hydrogens is 338 g/mol. The zero-order valence-electron chi connectivity index (χ0n) is 15.8. The van der Waals surface area contributed by atoms with Gasteiger partial charge in [0, 0.05) is 30.4 Å². The van der Waals surface area contributed by atoms with Gasteiger partial charge in [0.15, 0.2) is 0 Å². The third-order valence-electron chi connectivity index (χ3n) is 5.06. The van der Waals surface area contributed by atoms with Crippen LogP contribution >= 0.6 is 0 Å². The molecule has 5 nitrogen and oxygen atoms in total. The van der Waals surface area contributed by atoms with E-state index in [4.69, 9.17) is 0 Å². The summed E-state index contributed by atoms with van der Waals surface area (Å²) in [7, 11) is 1.74. The average molecular weight is 365 g/mol. The molecule has 0 aliphatic carbocycles. The van der Waals surface area contributed by atoms with Gasteiger partial charge in [0.25, 0.3) is 11.8 Å². The summed E-state index contributed by atoms with van der Waals surface area (Å²) >= 11 is 0. The molecule has 27 heavy (non-hydrogen) atoms. The number of carbonyl (C=O) groups is 2. The number of piperidine rings is 1. The maximum Gasteiger partial charge on any atom is 0.258 e. The molecule has 0 saturated carbocycles. The van der Waals surface area contributed by atoms with Crippen molar-refractivity contribution in [1.82, 2.24) is 10.6 Å². The fourth-order valence-corrected chi connectivity index (χ4v) is 3.42. The maximum absolute atomic E-state index is 12.7. The summed E-state index contributed by atoms with van der Waals surface area (Å²) in [6.07, 6.45) is 3.41. The smallest absolute Gasteiger partial charge is 0.258 e. The molecule has 0 spiro atoms. The van der Waals surface area contributed by atoms with Crippen LogP contribution in [-0.4, -0.2) is 38.5 Å². The van der Waals surface area contributed by atoms with Crippen molar-refractivity contribution in [3.05, 3.63) is 65.7 Å². The van der Waals surface area contributed by atoms with Crippen molar-refractivity contribution in [2.45, 2.75) is 19.3 Å². The first-order valence-electron chi connectivity index (χ1n) is 9.57. The van der Waals surface area contributed by atoms with E-state index in [1.165, 1.54) is 12.8 Å². The minimum Gasteiger partial charge on any atom is -0.352 e. The SMILES string of the molecule is CN(C(=O)c1cccc(C(=O)NCCC2CCCNC2)c1)c1ccccc1. The van der Waals surface area contributed by atoms with Crippen LogP contribution in [0.4, 0.5) is 5.69 Å². The van der Waals surface area contributed by atoms with Crippen LogP contribution in [0.25, 0.3) is 0 Å². The van der Waals surface area contributed by atoms with E-state index in [1.807, 2.05) is 30.3 Å². The van der Waals surface area contributed by atoms with Gasteiger partial charge in [-0.15, -0.1) is 0 Å². The summed E-state index contributed by atoms with van der Waals surface area (Å²) in [4.78, 5) is 26.8. The van der Waals surface area contributed by atoms with Crippen molar-refractivity contribution in [2.24, 2.45) is 5.92 Å². The summed E-state index contributed by atoms with van der Waals surface area (Å²) in [6.45, 7) is 2.79. The Morgan fingerprint density at radius 2 is 1.89 bits per heavy atom. The first-order chi connectivity index (χ1) is 13.1. The summed E-state index contributed by atoms with van der Waals surface area (Å²) in [5, 5.41) is 6.38. The molecule has 0 radical (unpaired) electrons. The van der Waals surface area contributed by atoms with Gasteiger partial charge in [-0.2, -0.15) is 0 Å². The highest BCUT2D eigenvalue weighted by molar-refractivity contribution is 6.07. The van der Waals surface area contributed by atoms with Crippen LogP contribution in [0.3, 0.4) is 0 Å². The molecule has 3 rings (SSSR count). The number of para-hydroxylation sites is 1. The first-order valence-corrected chi connectivity index (χ1v) is 9.57. The zero-order chi connectivity index (χ0) is 19.1. The number of nitrogens with zero attached hydrogens (tertiary/aromatic N) is 1. The summed E-state index contributed by atoms with van der Waals surface area (Å²) < 4.78 is 0. The second-order valence-corrected chi connectivity index (χ2v) is 7.04. The van der Waals surface area contributed by atoms with E-state index < -0.39 is 0 Å². The van der Waals surface area contributed by atoms with Crippen molar-refractivity contribution >= 4 is 17.5 Å². The van der Waals surface area contributed by atoms with Crippen LogP contribution in [0.1, 0.15) is 40.0 Å². The second kappa shape index (κ2) is 9.33. The van der Waals surface area contributed by atoms with Crippen molar-refractivity contribution in [3.8, 4) is 0 Å². The third-order valence-corrected chi connectivity index (χ3v) is 5.06. The monoisotopic (exact) mass is 365 g/mol. The standard InChI is InChI=1S/C22H27N3O2/c1-25(20-10-3-2-4-11-20)22(27)19-9-5-8-18(15-19)21(26)24-14-12-17-7-6-13-23-16-17/h2-5,8-11,15,17,23H,6-7,12-14,16H2,1H3,(H,24,26). The maximum atomic E-state index is 12.7. The van der Waals surface area contributed by atoms with Gasteiger partial charge >= 0.3 is 0 Å². The molecule has 2 aromatic carbocycles. The normalized spacial score (nSPS) is 16.6. The van der Waals surface area contributed by atoms with Gasteiger partial charge in [-0.3, -0.25) is 9.59 Å². The Bertz CT molecular complexity index is 770. The van der Waals surface area contributed by atoms with E-state index >= 15 is 0 Å². The van der Waals surface area contributed by atoms with Gasteiger partial charge in [-0.25, -0.2) is 0 Å². The quantitative estimate of drug-likeness (QED) is 0.827. The van der Waals surface area contributed by atoms with Crippen LogP contribution in [0.2, 0.25) is 0 Å². The van der Waals surface area contributed by atoms with Crippen molar-refractivity contribution in [3.63, 3.8) is 0 Å². The topological polar surface area (TPSA) is 61.4 Å². The van der Waals surface area contributed by atoms with Crippen molar-refractivity contribution in [1.29, 1.82) is 0 Å². The molecular formula is C22H27N3O2. The lowest BCUT2D eigenvalue weighted by Gasteiger charge is -2.22. The number of rotatable bonds is 6. The molecule has 1 fully saturated rings. The minimum atomic E-state index is -0.135. The number of amides is 2. The molecule has 2 aromatic rings. The first kappa shape index (κ1) is 19.1. The summed E-state index contributed by atoms with van der Waals surface area (Å²) in [6, 6.07) is 16.4. The molecule has 1 saturated heterocycles. The van der Waals surface area contributed by atoms with Gasteiger partial charge in [0.2, 0.25) is 0 Å². The fraction of sp³-hybridized carbons (Fsp3) is 0.364. The fourth-order valence-electron chi connectivity index (χ4n) is 3.42. The predicted octanol–water partition coefficient (Wildman–Crippen LogP) is 3.08. The number of benzene rings is 2. The van der Waals surface area contributed by atoms with E-state index in [0.717, 1.165) is 25.2 Å². The lowest BCUT2D eigenvalue weighted by molar-refractivity contribution is 0.0950. The van der Waals surface area contributed by atoms with Crippen LogP contribution in [0, 0.1) is 5.92 Å². The molecule has 1 aliphatic heterocycles.